The summed E-state index contributed by atoms with van der Waals surface area (Å²) < 4.78 is 0. The Labute approximate surface area is 90.1 Å². The molecule has 2 N–H and O–H groups in total. The molecule has 1 heterocycles. The van der Waals surface area contributed by atoms with E-state index in [1.54, 1.807) is 0 Å². The van der Waals surface area contributed by atoms with Gasteiger partial charge < -0.3 is 10.2 Å². The minimum atomic E-state index is -0.271. The van der Waals surface area contributed by atoms with Crippen LogP contribution in [0.25, 0.3) is 11.3 Å². The first-order valence-corrected chi connectivity index (χ1v) is 4.73. The van der Waals surface area contributed by atoms with E-state index in [1.807, 2.05) is 24.3 Å². The maximum absolute atomic E-state index is 11.2. The molecule has 0 unspecified atom stereocenters. The molecule has 0 bridgehead atoms. The number of nitrogens with one attached hydrogen (secondary N) is 1. The van der Waals surface area contributed by atoms with Gasteiger partial charge in [0.1, 0.15) is 11.4 Å². The molecule has 1 aliphatic carbocycles. The van der Waals surface area contributed by atoms with Crippen LogP contribution >= 0.6 is 0 Å². The molecule has 0 fully saturated rings. The van der Waals surface area contributed by atoms with Gasteiger partial charge in [-0.05, 0) is 0 Å². The number of aromatic amines is 1. The lowest BCUT2D eigenvalue weighted by molar-refractivity contribution is 0.319. The number of hydrogen-bond donors (Lipinski definition) is 2. The van der Waals surface area contributed by atoms with E-state index in [1.165, 1.54) is 6.20 Å². The van der Waals surface area contributed by atoms with Crippen molar-refractivity contribution in [2.24, 2.45) is 5.16 Å². The first kappa shape index (κ1) is 8.84. The normalized spacial score (nSPS) is 14.9. The Morgan fingerprint density at radius 3 is 2.75 bits per heavy atom. The highest BCUT2D eigenvalue weighted by molar-refractivity contribution is 6.22. The summed E-state index contributed by atoms with van der Waals surface area (Å²) in [6.45, 7) is 0. The lowest BCUT2D eigenvalue weighted by Gasteiger charge is -1.96. The Morgan fingerprint density at radius 1 is 1.25 bits per heavy atom. The smallest absolute Gasteiger partial charge is 0.266 e. The Hall–Kier alpha value is -2.43. The van der Waals surface area contributed by atoms with Gasteiger partial charge in [0.05, 0.1) is 11.9 Å². The van der Waals surface area contributed by atoms with Gasteiger partial charge in [0.25, 0.3) is 5.56 Å². The lowest BCUT2D eigenvalue weighted by Crippen LogP contribution is -2.10. The summed E-state index contributed by atoms with van der Waals surface area (Å²) in [7, 11) is 0. The summed E-state index contributed by atoms with van der Waals surface area (Å²) in [5.41, 5.74) is 2.83. The molecule has 0 saturated heterocycles. The Morgan fingerprint density at radius 2 is 2.00 bits per heavy atom. The van der Waals surface area contributed by atoms with E-state index < -0.39 is 0 Å². The van der Waals surface area contributed by atoms with Crippen molar-refractivity contribution in [2.45, 2.75) is 0 Å². The quantitative estimate of drug-likeness (QED) is 0.431. The molecule has 0 amide bonds. The fraction of sp³-hybridized carbons (Fsp3) is 0. The van der Waals surface area contributed by atoms with Crippen molar-refractivity contribution < 1.29 is 5.21 Å². The highest BCUT2D eigenvalue weighted by atomic mass is 16.4. The molecule has 3 rings (SSSR count). The fourth-order valence-electron chi connectivity index (χ4n) is 1.91. The van der Waals surface area contributed by atoms with E-state index in [-0.39, 0.29) is 5.56 Å². The van der Waals surface area contributed by atoms with Gasteiger partial charge in [0, 0.05) is 11.1 Å². The van der Waals surface area contributed by atoms with E-state index >= 15 is 0 Å². The van der Waals surface area contributed by atoms with Crippen molar-refractivity contribution in [3.63, 3.8) is 0 Å². The third-order valence-electron chi connectivity index (χ3n) is 2.57. The van der Waals surface area contributed by atoms with Crippen LogP contribution in [0, 0.1) is 0 Å². The van der Waals surface area contributed by atoms with Crippen molar-refractivity contribution in [3.8, 4) is 11.3 Å². The van der Waals surface area contributed by atoms with Gasteiger partial charge in [0.2, 0.25) is 0 Å². The van der Waals surface area contributed by atoms with Crippen LogP contribution in [-0.4, -0.2) is 20.9 Å². The predicted molar refractivity (Wildman–Crippen MR) is 57.7 cm³/mol. The molecule has 2 aromatic rings. The van der Waals surface area contributed by atoms with E-state index in [0.29, 0.717) is 17.1 Å². The van der Waals surface area contributed by atoms with Crippen LogP contribution in [0.3, 0.4) is 0 Å². The molecular formula is C11H7N3O2. The average Bonchev–Trinajstić information content (AvgIpc) is 2.62. The molecule has 5 nitrogen and oxygen atoms in total. The van der Waals surface area contributed by atoms with Gasteiger partial charge in [-0.1, -0.05) is 29.4 Å². The van der Waals surface area contributed by atoms with Gasteiger partial charge in [0.15, 0.2) is 0 Å². The third-order valence-corrected chi connectivity index (χ3v) is 2.57. The molecule has 5 heteroatoms. The van der Waals surface area contributed by atoms with Crippen molar-refractivity contribution in [2.75, 3.05) is 0 Å². The SMILES string of the molecule is O=c1cnc2c([nH]1)-c1ccccc1C2=NO. The standard InChI is InChI=1S/C11H7N3O2/c15-8-5-12-11-9(13-8)6-3-1-2-4-7(6)10(11)14-16/h1-5,16H,(H,13,15). The van der Waals surface area contributed by atoms with Crippen LogP contribution in [0.1, 0.15) is 11.3 Å². The number of hydrogen-bond acceptors (Lipinski definition) is 4. The van der Waals surface area contributed by atoms with E-state index in [2.05, 4.69) is 15.1 Å². The van der Waals surface area contributed by atoms with Crippen molar-refractivity contribution >= 4 is 5.71 Å². The Kier molecular flexibility index (Phi) is 1.67. The molecule has 0 saturated carbocycles. The largest absolute Gasteiger partial charge is 0.410 e. The zero-order chi connectivity index (χ0) is 11.1. The van der Waals surface area contributed by atoms with Crippen molar-refractivity contribution in [1.82, 2.24) is 9.97 Å². The maximum atomic E-state index is 11.2. The van der Waals surface area contributed by atoms with Crippen molar-refractivity contribution in [1.29, 1.82) is 0 Å². The second kappa shape index (κ2) is 3.03. The van der Waals surface area contributed by atoms with Crippen LogP contribution in [0.4, 0.5) is 0 Å². The third kappa shape index (κ3) is 1.02. The average molecular weight is 213 g/mol. The molecular weight excluding hydrogens is 206 g/mol. The second-order valence-electron chi connectivity index (χ2n) is 3.47. The van der Waals surface area contributed by atoms with Crippen LogP contribution < -0.4 is 5.56 Å². The van der Waals surface area contributed by atoms with Gasteiger partial charge in [-0.15, -0.1) is 0 Å². The molecule has 1 aromatic heterocycles. The minimum Gasteiger partial charge on any atom is -0.410 e. The molecule has 0 radical (unpaired) electrons. The topological polar surface area (TPSA) is 78.3 Å². The fourth-order valence-corrected chi connectivity index (χ4v) is 1.91. The van der Waals surface area contributed by atoms with Gasteiger partial charge in [-0.3, -0.25) is 4.79 Å². The van der Waals surface area contributed by atoms with Crippen LogP contribution in [0.15, 0.2) is 40.4 Å². The zero-order valence-corrected chi connectivity index (χ0v) is 8.14. The Balaban J connectivity index is 2.44. The monoisotopic (exact) mass is 213 g/mol. The van der Waals surface area contributed by atoms with Gasteiger partial charge in [-0.25, -0.2) is 4.98 Å². The number of rotatable bonds is 0. The molecule has 0 spiro atoms. The molecule has 0 atom stereocenters. The van der Waals surface area contributed by atoms with Crippen molar-refractivity contribution in [3.05, 3.63) is 52.1 Å². The summed E-state index contributed by atoms with van der Waals surface area (Å²) in [5.74, 6) is 0. The summed E-state index contributed by atoms with van der Waals surface area (Å²) in [4.78, 5) is 17.9. The lowest BCUT2D eigenvalue weighted by atomic mass is 10.1. The summed E-state index contributed by atoms with van der Waals surface area (Å²) in [6, 6.07) is 7.37. The number of aromatic nitrogens is 2. The number of nitrogens with zero attached hydrogens (tertiary/aromatic N) is 2. The molecule has 1 aromatic carbocycles. The number of benzene rings is 1. The number of fused-ring (bicyclic) bond motifs is 3. The van der Waals surface area contributed by atoms with Gasteiger partial charge >= 0.3 is 0 Å². The Bertz CT molecular complexity index is 658. The van der Waals surface area contributed by atoms with Crippen LogP contribution in [-0.2, 0) is 0 Å². The predicted octanol–water partition coefficient (Wildman–Crippen LogP) is 0.977. The number of H-pyrrole nitrogens is 1. The van der Waals surface area contributed by atoms with E-state index in [4.69, 9.17) is 5.21 Å². The van der Waals surface area contributed by atoms with E-state index in [9.17, 15) is 4.79 Å². The van der Waals surface area contributed by atoms with Gasteiger partial charge in [-0.2, -0.15) is 0 Å². The maximum Gasteiger partial charge on any atom is 0.266 e. The first-order valence-electron chi connectivity index (χ1n) is 4.73. The molecule has 0 aliphatic heterocycles. The first-order chi connectivity index (χ1) is 7.81. The molecule has 1 aliphatic rings. The highest BCUT2D eigenvalue weighted by Crippen LogP contribution is 2.32. The van der Waals surface area contributed by atoms with Crippen LogP contribution in [0.2, 0.25) is 0 Å². The van der Waals surface area contributed by atoms with Crippen LogP contribution in [0.5, 0.6) is 0 Å². The highest BCUT2D eigenvalue weighted by Gasteiger charge is 2.27. The minimum absolute atomic E-state index is 0.271. The summed E-state index contributed by atoms with van der Waals surface area (Å²) >= 11 is 0. The zero-order valence-electron chi connectivity index (χ0n) is 8.14. The van der Waals surface area contributed by atoms with E-state index in [0.717, 1.165) is 11.1 Å². The second-order valence-corrected chi connectivity index (χ2v) is 3.47. The number of oxime groups is 1. The molecule has 16 heavy (non-hydrogen) atoms. The summed E-state index contributed by atoms with van der Waals surface area (Å²) in [6.07, 6.45) is 1.18. The molecule has 78 valence electrons. The summed E-state index contributed by atoms with van der Waals surface area (Å²) in [5, 5.41) is 12.2.